The van der Waals surface area contributed by atoms with E-state index in [0.29, 0.717) is 24.2 Å². The van der Waals surface area contributed by atoms with Crippen LogP contribution >= 0.6 is 11.3 Å². The minimum Gasteiger partial charge on any atom is -0.339 e. The van der Waals surface area contributed by atoms with Crippen LogP contribution in [0.3, 0.4) is 0 Å². The predicted molar refractivity (Wildman–Crippen MR) is 105 cm³/mol. The fraction of sp³-hybridized carbons (Fsp3) is 0.400. The van der Waals surface area contributed by atoms with Crippen LogP contribution in [-0.2, 0) is 11.3 Å². The van der Waals surface area contributed by atoms with Crippen LogP contribution in [-0.4, -0.2) is 70.1 Å². The van der Waals surface area contributed by atoms with Gasteiger partial charge in [-0.05, 0) is 26.0 Å². The molecule has 7 nitrogen and oxygen atoms in total. The Morgan fingerprint density at radius 2 is 1.64 bits per heavy atom. The van der Waals surface area contributed by atoms with Crippen LogP contribution in [0.1, 0.15) is 36.3 Å². The van der Waals surface area contributed by atoms with Crippen molar-refractivity contribution in [3.05, 3.63) is 51.0 Å². The van der Waals surface area contributed by atoms with Crippen LogP contribution in [0.15, 0.2) is 24.3 Å². The summed E-state index contributed by atoms with van der Waals surface area (Å²) in [4.78, 5) is 48.4. The zero-order chi connectivity index (χ0) is 19.8. The summed E-state index contributed by atoms with van der Waals surface area (Å²) in [6, 6.07) is 6.70. The van der Waals surface area contributed by atoms with Crippen molar-refractivity contribution in [1.82, 2.24) is 19.7 Å². The number of carbonyl (C=O) groups excluding carboxylic acids is 3. The van der Waals surface area contributed by atoms with Crippen molar-refractivity contribution in [2.24, 2.45) is 0 Å². The van der Waals surface area contributed by atoms with Crippen LogP contribution in [0, 0.1) is 13.8 Å². The number of thiazole rings is 1. The molecule has 0 unspecified atom stereocenters. The average Bonchev–Trinajstić information content (AvgIpc) is 3.13. The molecule has 0 aliphatic carbocycles. The Labute approximate surface area is 167 Å². The third-order valence-electron chi connectivity index (χ3n) is 5.33. The molecule has 0 spiro atoms. The summed E-state index contributed by atoms with van der Waals surface area (Å²) in [6.45, 7) is 7.38. The number of hydrogen-bond donors (Lipinski definition) is 0. The number of benzene rings is 1. The maximum absolute atomic E-state index is 12.7. The number of imide groups is 1. The van der Waals surface area contributed by atoms with Gasteiger partial charge >= 0.3 is 0 Å². The Hall–Kier alpha value is -2.58. The van der Waals surface area contributed by atoms with Crippen LogP contribution < -0.4 is 0 Å². The molecule has 0 bridgehead atoms. The second-order valence-electron chi connectivity index (χ2n) is 7.15. The first-order valence-corrected chi connectivity index (χ1v) is 10.1. The van der Waals surface area contributed by atoms with Gasteiger partial charge in [0.15, 0.2) is 0 Å². The van der Waals surface area contributed by atoms with Gasteiger partial charge in [-0.1, -0.05) is 12.1 Å². The van der Waals surface area contributed by atoms with Gasteiger partial charge in [-0.25, -0.2) is 4.98 Å². The molecular weight excluding hydrogens is 376 g/mol. The summed E-state index contributed by atoms with van der Waals surface area (Å²) >= 11 is 1.72. The Bertz CT molecular complexity index is 892. The summed E-state index contributed by atoms with van der Waals surface area (Å²) < 4.78 is 0. The van der Waals surface area contributed by atoms with E-state index in [1.807, 2.05) is 6.92 Å². The molecule has 1 fully saturated rings. The first-order chi connectivity index (χ1) is 13.4. The lowest BCUT2D eigenvalue weighted by atomic mass is 10.1. The summed E-state index contributed by atoms with van der Waals surface area (Å²) in [6.07, 6.45) is 0. The number of aromatic nitrogens is 1. The van der Waals surface area contributed by atoms with E-state index in [2.05, 4.69) is 16.8 Å². The normalized spacial score (nSPS) is 17.4. The van der Waals surface area contributed by atoms with E-state index in [4.69, 9.17) is 0 Å². The van der Waals surface area contributed by atoms with Crippen molar-refractivity contribution < 1.29 is 14.4 Å². The monoisotopic (exact) mass is 398 g/mol. The van der Waals surface area contributed by atoms with Crippen molar-refractivity contribution in [3.63, 3.8) is 0 Å². The van der Waals surface area contributed by atoms with Gasteiger partial charge in [0, 0.05) is 31.1 Å². The lowest BCUT2D eigenvalue weighted by Gasteiger charge is -2.34. The smallest absolute Gasteiger partial charge is 0.262 e. The van der Waals surface area contributed by atoms with Gasteiger partial charge in [-0.2, -0.15) is 0 Å². The largest absolute Gasteiger partial charge is 0.339 e. The van der Waals surface area contributed by atoms with Gasteiger partial charge in [0.1, 0.15) is 11.6 Å². The maximum Gasteiger partial charge on any atom is 0.262 e. The summed E-state index contributed by atoms with van der Waals surface area (Å²) in [5.74, 6) is -0.959. The van der Waals surface area contributed by atoms with Gasteiger partial charge in [-0.15, -0.1) is 11.3 Å². The molecule has 3 heterocycles. The van der Waals surface area contributed by atoms with E-state index in [1.54, 1.807) is 40.5 Å². The molecule has 0 atom stereocenters. The summed E-state index contributed by atoms with van der Waals surface area (Å²) in [7, 11) is 0. The predicted octanol–water partition coefficient (Wildman–Crippen LogP) is 1.70. The average molecular weight is 398 g/mol. The van der Waals surface area contributed by atoms with E-state index in [9.17, 15) is 14.4 Å². The Kier molecular flexibility index (Phi) is 4.99. The lowest BCUT2D eigenvalue weighted by Crippen LogP contribution is -2.51. The first-order valence-electron chi connectivity index (χ1n) is 9.32. The van der Waals surface area contributed by atoms with Crippen LogP contribution in [0.2, 0.25) is 0 Å². The lowest BCUT2D eigenvalue weighted by molar-refractivity contribution is -0.133. The molecule has 1 saturated heterocycles. The Morgan fingerprint density at radius 3 is 2.18 bits per heavy atom. The highest BCUT2D eigenvalue weighted by Crippen LogP contribution is 2.23. The molecule has 8 heteroatoms. The number of piperazine rings is 1. The van der Waals surface area contributed by atoms with E-state index in [-0.39, 0.29) is 24.3 Å². The van der Waals surface area contributed by atoms with E-state index in [1.165, 1.54) is 4.88 Å². The highest BCUT2D eigenvalue weighted by atomic mass is 32.1. The molecular formula is C20H22N4O3S. The highest BCUT2D eigenvalue weighted by molar-refractivity contribution is 7.11. The van der Waals surface area contributed by atoms with E-state index in [0.717, 1.165) is 35.2 Å². The standard InChI is InChI=1S/C20H22N4O3S/c1-13-14(2)28-17(21-13)11-22-7-9-23(10-8-22)18(25)12-24-19(26)15-5-3-4-6-16(15)20(24)27/h3-6H,7-12H2,1-2H3. The number of rotatable bonds is 4. The highest BCUT2D eigenvalue weighted by Gasteiger charge is 2.37. The number of carbonyl (C=O) groups is 3. The fourth-order valence-corrected chi connectivity index (χ4v) is 4.55. The molecule has 4 rings (SSSR count). The zero-order valence-electron chi connectivity index (χ0n) is 16.0. The van der Waals surface area contributed by atoms with Gasteiger partial charge < -0.3 is 4.90 Å². The zero-order valence-corrected chi connectivity index (χ0v) is 16.8. The molecule has 0 N–H and O–H groups in total. The molecule has 3 amide bonds. The second-order valence-corrected chi connectivity index (χ2v) is 8.44. The first kappa shape index (κ1) is 18.8. The van der Waals surface area contributed by atoms with Crippen molar-refractivity contribution in [3.8, 4) is 0 Å². The number of amides is 3. The number of fused-ring (bicyclic) bond motifs is 1. The molecule has 0 radical (unpaired) electrons. The van der Waals surface area contributed by atoms with Crippen LogP contribution in [0.4, 0.5) is 0 Å². The third kappa shape index (κ3) is 3.45. The van der Waals surface area contributed by atoms with Crippen molar-refractivity contribution in [2.45, 2.75) is 20.4 Å². The molecule has 1 aromatic heterocycles. The topological polar surface area (TPSA) is 73.8 Å². The molecule has 2 aliphatic rings. The summed E-state index contributed by atoms with van der Waals surface area (Å²) in [5.41, 5.74) is 1.83. The molecule has 2 aromatic rings. The fourth-order valence-electron chi connectivity index (χ4n) is 3.57. The van der Waals surface area contributed by atoms with Gasteiger partial charge in [-0.3, -0.25) is 24.2 Å². The van der Waals surface area contributed by atoms with Crippen molar-refractivity contribution in [1.29, 1.82) is 0 Å². The quantitative estimate of drug-likeness (QED) is 0.733. The Balaban J connectivity index is 1.32. The Morgan fingerprint density at radius 1 is 1.04 bits per heavy atom. The van der Waals surface area contributed by atoms with E-state index < -0.39 is 0 Å². The second kappa shape index (κ2) is 7.44. The van der Waals surface area contributed by atoms with Crippen LogP contribution in [0.25, 0.3) is 0 Å². The number of hydrogen-bond acceptors (Lipinski definition) is 6. The molecule has 1 aromatic carbocycles. The summed E-state index contributed by atoms with van der Waals surface area (Å²) in [5, 5.41) is 1.10. The van der Waals surface area contributed by atoms with E-state index >= 15 is 0 Å². The molecule has 146 valence electrons. The van der Waals surface area contributed by atoms with Crippen molar-refractivity contribution >= 4 is 29.1 Å². The molecule has 0 saturated carbocycles. The SMILES string of the molecule is Cc1nc(CN2CCN(C(=O)CN3C(=O)c4ccccc4C3=O)CC2)sc1C. The number of nitrogens with zero attached hydrogens (tertiary/aromatic N) is 4. The molecule has 2 aliphatic heterocycles. The minimum absolute atomic E-state index is 0.185. The van der Waals surface area contributed by atoms with Gasteiger partial charge in [0.25, 0.3) is 11.8 Å². The maximum atomic E-state index is 12.7. The van der Waals surface area contributed by atoms with Crippen LogP contribution in [0.5, 0.6) is 0 Å². The van der Waals surface area contributed by atoms with Crippen molar-refractivity contribution in [2.75, 3.05) is 32.7 Å². The molecule has 28 heavy (non-hydrogen) atoms. The van der Waals surface area contributed by atoms with Gasteiger partial charge in [0.2, 0.25) is 5.91 Å². The van der Waals surface area contributed by atoms with Gasteiger partial charge in [0.05, 0.1) is 23.4 Å². The number of aryl methyl sites for hydroxylation is 2. The third-order valence-corrected chi connectivity index (χ3v) is 6.39. The minimum atomic E-state index is -0.387.